The Kier molecular flexibility index (Phi) is 5.25. The molecule has 7 heteroatoms. The first kappa shape index (κ1) is 14.1. The first-order valence-electron chi connectivity index (χ1n) is 4.20. The molecule has 0 aliphatic rings. The smallest absolute Gasteiger partial charge is 0.206 e. The SMILES string of the molecule is CCC(CC)(CCl)NS(=O)(=O)C(F)F. The molecule has 1 N–H and O–H groups in total. The number of halogens is 3. The van der Waals surface area contributed by atoms with E-state index in [4.69, 9.17) is 11.6 Å². The maximum absolute atomic E-state index is 12.1. The van der Waals surface area contributed by atoms with Gasteiger partial charge in [0.15, 0.2) is 0 Å². The van der Waals surface area contributed by atoms with Crippen LogP contribution < -0.4 is 4.72 Å². The van der Waals surface area contributed by atoms with Crippen LogP contribution in [0.4, 0.5) is 8.78 Å². The quantitative estimate of drug-likeness (QED) is 0.731. The van der Waals surface area contributed by atoms with Crippen LogP contribution in [0.3, 0.4) is 0 Å². The van der Waals surface area contributed by atoms with Gasteiger partial charge >= 0.3 is 5.76 Å². The molecular formula is C7H14ClF2NO2S. The molecule has 86 valence electrons. The topological polar surface area (TPSA) is 46.2 Å². The van der Waals surface area contributed by atoms with Crippen LogP contribution in [-0.2, 0) is 10.0 Å². The predicted molar refractivity (Wildman–Crippen MR) is 52.1 cm³/mol. The Morgan fingerprint density at radius 1 is 1.36 bits per heavy atom. The number of alkyl halides is 3. The summed E-state index contributed by atoms with van der Waals surface area (Å²) < 4.78 is 47.9. The fourth-order valence-corrected chi connectivity index (χ4v) is 2.53. The minimum atomic E-state index is -4.56. The van der Waals surface area contributed by atoms with Gasteiger partial charge in [0.05, 0.1) is 0 Å². The molecule has 0 bridgehead atoms. The van der Waals surface area contributed by atoms with Gasteiger partial charge in [-0.1, -0.05) is 13.8 Å². The lowest BCUT2D eigenvalue weighted by molar-refractivity contribution is 0.227. The average Bonchev–Trinajstić information content (AvgIpc) is 2.14. The van der Waals surface area contributed by atoms with Gasteiger partial charge in [0.1, 0.15) is 0 Å². The van der Waals surface area contributed by atoms with Gasteiger partial charge in [-0.05, 0) is 12.8 Å². The third-order valence-electron chi connectivity index (χ3n) is 2.20. The zero-order valence-electron chi connectivity index (χ0n) is 8.06. The lowest BCUT2D eigenvalue weighted by atomic mass is 9.97. The molecule has 0 radical (unpaired) electrons. The monoisotopic (exact) mass is 249 g/mol. The van der Waals surface area contributed by atoms with Gasteiger partial charge in [0.25, 0.3) is 10.0 Å². The number of hydrogen-bond acceptors (Lipinski definition) is 2. The molecule has 3 nitrogen and oxygen atoms in total. The van der Waals surface area contributed by atoms with Crippen LogP contribution in [0.15, 0.2) is 0 Å². The van der Waals surface area contributed by atoms with Crippen molar-refractivity contribution in [2.75, 3.05) is 5.88 Å². The van der Waals surface area contributed by atoms with E-state index in [0.29, 0.717) is 12.8 Å². The van der Waals surface area contributed by atoms with Gasteiger partial charge in [-0.3, -0.25) is 0 Å². The highest BCUT2D eigenvalue weighted by Crippen LogP contribution is 2.20. The molecule has 14 heavy (non-hydrogen) atoms. The Balaban J connectivity index is 4.78. The summed E-state index contributed by atoms with van der Waals surface area (Å²) in [6, 6.07) is 0. The summed E-state index contributed by atoms with van der Waals surface area (Å²) in [5, 5.41) is 0. The van der Waals surface area contributed by atoms with E-state index >= 15 is 0 Å². The molecule has 0 aromatic carbocycles. The molecule has 0 spiro atoms. The fourth-order valence-electron chi connectivity index (χ4n) is 0.957. The lowest BCUT2D eigenvalue weighted by Gasteiger charge is -2.29. The molecule has 0 rings (SSSR count). The summed E-state index contributed by atoms with van der Waals surface area (Å²) >= 11 is 5.56. The van der Waals surface area contributed by atoms with Crippen LogP contribution >= 0.6 is 11.6 Å². The Bertz CT molecular complexity index is 257. The minimum absolute atomic E-state index is 0.0219. The van der Waals surface area contributed by atoms with Gasteiger partial charge in [-0.25, -0.2) is 13.1 Å². The molecule has 0 aliphatic heterocycles. The Morgan fingerprint density at radius 3 is 2.00 bits per heavy atom. The Morgan fingerprint density at radius 2 is 1.79 bits per heavy atom. The van der Waals surface area contributed by atoms with Crippen molar-refractivity contribution in [1.82, 2.24) is 4.72 Å². The molecular weight excluding hydrogens is 236 g/mol. The molecule has 0 atom stereocenters. The van der Waals surface area contributed by atoms with Crippen LogP contribution in [0.1, 0.15) is 26.7 Å². The first-order valence-corrected chi connectivity index (χ1v) is 6.28. The van der Waals surface area contributed by atoms with E-state index in [-0.39, 0.29) is 5.88 Å². The number of nitrogens with one attached hydrogen (secondary N) is 1. The normalized spacial score (nSPS) is 13.6. The number of sulfonamides is 1. The molecule has 0 aliphatic carbocycles. The summed E-state index contributed by atoms with van der Waals surface area (Å²) in [4.78, 5) is 0. The van der Waals surface area contributed by atoms with Gasteiger partial charge in [0.2, 0.25) is 0 Å². The van der Waals surface area contributed by atoms with Crippen LogP contribution in [-0.4, -0.2) is 25.6 Å². The molecule has 0 amide bonds. The van der Waals surface area contributed by atoms with Gasteiger partial charge in [-0.2, -0.15) is 8.78 Å². The molecule has 0 fully saturated rings. The van der Waals surface area contributed by atoms with Gasteiger partial charge in [-0.15, -0.1) is 11.6 Å². The maximum atomic E-state index is 12.1. The summed E-state index contributed by atoms with van der Waals surface area (Å²) in [6.07, 6.45) is 0.748. The molecule has 0 unspecified atom stereocenters. The van der Waals surface area contributed by atoms with E-state index in [2.05, 4.69) is 0 Å². The van der Waals surface area contributed by atoms with Crippen LogP contribution in [0, 0.1) is 0 Å². The van der Waals surface area contributed by atoms with Crippen LogP contribution in [0.2, 0.25) is 0 Å². The number of hydrogen-bond donors (Lipinski definition) is 1. The van der Waals surface area contributed by atoms with Gasteiger partial charge < -0.3 is 0 Å². The summed E-state index contributed by atoms with van der Waals surface area (Å²) in [5.41, 5.74) is -0.961. The van der Waals surface area contributed by atoms with E-state index in [9.17, 15) is 17.2 Å². The molecule has 0 aromatic heterocycles. The van der Waals surface area contributed by atoms with E-state index in [0.717, 1.165) is 0 Å². The highest BCUT2D eigenvalue weighted by atomic mass is 35.5. The van der Waals surface area contributed by atoms with Crippen molar-refractivity contribution >= 4 is 21.6 Å². The number of rotatable bonds is 6. The Labute approximate surface area is 87.9 Å². The summed E-state index contributed by atoms with van der Waals surface area (Å²) in [7, 11) is -4.56. The first-order chi connectivity index (χ1) is 6.33. The van der Waals surface area contributed by atoms with Crippen LogP contribution in [0.5, 0.6) is 0 Å². The second-order valence-electron chi connectivity index (χ2n) is 3.03. The van der Waals surface area contributed by atoms with Crippen molar-refractivity contribution < 1.29 is 17.2 Å². The molecule has 0 heterocycles. The largest absolute Gasteiger partial charge is 0.350 e. The van der Waals surface area contributed by atoms with Crippen molar-refractivity contribution in [2.24, 2.45) is 0 Å². The minimum Gasteiger partial charge on any atom is -0.206 e. The fraction of sp³-hybridized carbons (Fsp3) is 1.00. The van der Waals surface area contributed by atoms with E-state index in [1.165, 1.54) is 0 Å². The van der Waals surface area contributed by atoms with Crippen molar-refractivity contribution in [1.29, 1.82) is 0 Å². The van der Waals surface area contributed by atoms with Crippen molar-refractivity contribution in [3.63, 3.8) is 0 Å². The molecule has 0 saturated carbocycles. The van der Waals surface area contributed by atoms with Crippen LogP contribution in [0.25, 0.3) is 0 Å². The standard InChI is InChI=1S/C7H14ClF2NO2S/c1-3-7(4-2,5-8)11-14(12,13)6(9)10/h6,11H,3-5H2,1-2H3. The second kappa shape index (κ2) is 5.23. The highest BCUT2D eigenvalue weighted by molar-refractivity contribution is 7.89. The van der Waals surface area contributed by atoms with E-state index in [1.807, 2.05) is 4.72 Å². The Hall–Kier alpha value is 0.0600. The third-order valence-corrected chi connectivity index (χ3v) is 3.90. The third kappa shape index (κ3) is 3.33. The zero-order valence-corrected chi connectivity index (χ0v) is 9.63. The second-order valence-corrected chi connectivity index (χ2v) is 4.95. The molecule has 0 saturated heterocycles. The predicted octanol–water partition coefficient (Wildman–Crippen LogP) is 1.93. The van der Waals surface area contributed by atoms with Gasteiger partial charge in [0, 0.05) is 11.4 Å². The highest BCUT2D eigenvalue weighted by Gasteiger charge is 2.35. The molecule has 0 aromatic rings. The lowest BCUT2D eigenvalue weighted by Crippen LogP contribution is -2.50. The summed E-state index contributed by atoms with van der Waals surface area (Å²) in [5.74, 6) is -3.44. The average molecular weight is 250 g/mol. The summed E-state index contributed by atoms with van der Waals surface area (Å²) in [6.45, 7) is 3.39. The van der Waals surface area contributed by atoms with E-state index in [1.54, 1.807) is 13.8 Å². The van der Waals surface area contributed by atoms with E-state index < -0.39 is 21.3 Å². The zero-order chi connectivity index (χ0) is 11.4. The van der Waals surface area contributed by atoms with Crippen molar-refractivity contribution in [3.8, 4) is 0 Å². The van der Waals surface area contributed by atoms with Crippen molar-refractivity contribution in [3.05, 3.63) is 0 Å². The van der Waals surface area contributed by atoms with Crippen molar-refractivity contribution in [2.45, 2.75) is 38.0 Å². The maximum Gasteiger partial charge on any atom is 0.350 e.